The second kappa shape index (κ2) is 11.1. The Bertz CT molecular complexity index is 194. The summed E-state index contributed by atoms with van der Waals surface area (Å²) in [6.45, 7) is 1.30. The summed E-state index contributed by atoms with van der Waals surface area (Å²) in [5.74, 6) is 0. The van der Waals surface area contributed by atoms with E-state index in [1.165, 1.54) is 0 Å². The average molecular weight is 260 g/mol. The summed E-state index contributed by atoms with van der Waals surface area (Å²) in [6, 6.07) is 0. The summed E-state index contributed by atoms with van der Waals surface area (Å²) in [5, 5.41) is 5.28. The lowest BCUT2D eigenvalue weighted by molar-refractivity contribution is 0.203. The van der Waals surface area contributed by atoms with Crippen LogP contribution in [0.4, 0.5) is 9.59 Å². The summed E-state index contributed by atoms with van der Waals surface area (Å²) < 4.78 is 9.13. The van der Waals surface area contributed by atoms with Gasteiger partial charge in [0.2, 0.25) is 0 Å². The fraction of sp³-hybridized carbons (Fsp3) is 0.750. The summed E-state index contributed by atoms with van der Waals surface area (Å²) in [4.78, 5) is 21.4. The summed E-state index contributed by atoms with van der Waals surface area (Å²) in [7, 11) is 0. The normalized spacial score (nSPS) is 9.25. The maximum absolute atomic E-state index is 10.7. The molecule has 0 fully saturated rings. The van der Waals surface area contributed by atoms with Crippen molar-refractivity contribution < 1.29 is 17.2 Å². The van der Waals surface area contributed by atoms with Crippen LogP contribution in [0.2, 0.25) is 0 Å². The number of carbonyl (C=O) groups excluding carboxylic acids is 2. The van der Waals surface area contributed by atoms with Crippen LogP contribution in [0.1, 0.15) is 25.7 Å². The van der Waals surface area contributed by atoms with Crippen molar-refractivity contribution in [3.05, 3.63) is 0 Å². The van der Waals surface area contributed by atoms with E-state index in [4.69, 9.17) is 0 Å². The predicted octanol–water partition coefficient (Wildman–Crippen LogP) is -0.905. The Morgan fingerprint density at radius 2 is 1.19 bits per heavy atom. The lowest BCUT2D eigenvalue weighted by Gasteiger charge is -2.06. The lowest BCUT2D eigenvalue weighted by atomic mass is 10.2. The molecule has 0 bridgehead atoms. The van der Waals surface area contributed by atoms with E-state index in [2.05, 4.69) is 18.2 Å². The molecule has 0 saturated carbocycles. The van der Waals surface area contributed by atoms with Crippen molar-refractivity contribution in [3.8, 4) is 0 Å². The quantitative estimate of drug-likeness (QED) is 0.459. The molecule has 6 nitrogen and oxygen atoms in total. The number of rotatable bonds is 7. The Hall–Kier alpha value is -0.395. The van der Waals surface area contributed by atoms with E-state index < -0.39 is 0 Å². The van der Waals surface area contributed by atoms with E-state index in [1.807, 2.05) is 0 Å². The van der Waals surface area contributed by atoms with Crippen LogP contribution >= 0.6 is 0 Å². The average Bonchev–Trinajstić information content (AvgIpc) is 2.31. The zero-order valence-corrected chi connectivity index (χ0v) is 13.9. The summed E-state index contributed by atoms with van der Waals surface area (Å²) in [6.07, 6.45) is 3.26. The Labute approximate surface area is 112 Å². The number of nitrogens with one attached hydrogen (secondary N) is 2. The van der Waals surface area contributed by atoms with Crippen LogP contribution in [0, 0.1) is 0 Å². The van der Waals surface area contributed by atoms with E-state index in [0.29, 0.717) is 46.3 Å². The van der Waals surface area contributed by atoms with Crippen molar-refractivity contribution >= 4 is 45.4 Å². The van der Waals surface area contributed by atoms with Gasteiger partial charge in [-0.3, -0.25) is 0 Å². The van der Waals surface area contributed by atoms with Crippen molar-refractivity contribution in [3.63, 3.8) is 0 Å². The molecular formula is C8H18Al2N2O4. The van der Waals surface area contributed by atoms with Gasteiger partial charge in [0.05, 0.1) is 0 Å². The van der Waals surface area contributed by atoms with Gasteiger partial charge < -0.3 is 18.2 Å². The molecule has 0 aliphatic rings. The number of unbranched alkanes of at least 4 members (excludes halogenated alkanes) is 3. The molecule has 0 rings (SSSR count). The maximum Gasteiger partial charge on any atom is 0.501 e. The number of hydrogen-bond acceptors (Lipinski definition) is 4. The zero-order valence-electron chi connectivity index (χ0n) is 9.88. The van der Waals surface area contributed by atoms with Gasteiger partial charge in [0.25, 0.3) is 0 Å². The monoisotopic (exact) mass is 260 g/mol. The highest BCUT2D eigenvalue weighted by molar-refractivity contribution is 6.05. The fourth-order valence-corrected chi connectivity index (χ4v) is 1.42. The standard InChI is InChI=1S/C8H16N2O4.2Al.4H/c11-7(12)9-5-3-1-2-4-6-10-8(13)14;;;;;;/h9-10H,1-6H2,(H,11,12)(H,13,14);;;;;;/q;2*+1;;;;/p-2. The van der Waals surface area contributed by atoms with Crippen molar-refractivity contribution in [2.75, 3.05) is 13.1 Å². The first-order valence-electron chi connectivity index (χ1n) is 5.34. The highest BCUT2D eigenvalue weighted by atomic mass is 27.1. The third-order valence-electron chi connectivity index (χ3n) is 2.01. The van der Waals surface area contributed by atoms with Gasteiger partial charge in [-0.1, -0.05) is 12.8 Å². The van der Waals surface area contributed by atoms with Crippen molar-refractivity contribution in [2.24, 2.45) is 0 Å². The van der Waals surface area contributed by atoms with Gasteiger partial charge in [0, 0.05) is 13.1 Å². The Morgan fingerprint density at radius 3 is 1.50 bits per heavy atom. The van der Waals surface area contributed by atoms with Gasteiger partial charge in [-0.25, -0.2) is 9.59 Å². The third-order valence-corrected chi connectivity index (χ3v) is 2.75. The molecule has 0 saturated heterocycles. The van der Waals surface area contributed by atoms with Crippen LogP contribution in [-0.2, 0) is 7.58 Å². The molecule has 2 N–H and O–H groups in total. The molecule has 0 aliphatic heterocycles. The predicted molar refractivity (Wildman–Crippen MR) is 64.5 cm³/mol. The molecule has 0 aromatic heterocycles. The van der Waals surface area contributed by atoms with Gasteiger partial charge >= 0.3 is 45.4 Å². The Morgan fingerprint density at radius 1 is 0.812 bits per heavy atom. The van der Waals surface area contributed by atoms with Gasteiger partial charge in [-0.2, -0.15) is 0 Å². The maximum atomic E-state index is 10.7. The summed E-state index contributed by atoms with van der Waals surface area (Å²) in [5.41, 5.74) is 0. The minimum absolute atomic E-state index is 0.330. The molecule has 0 heterocycles. The van der Waals surface area contributed by atoms with Crippen LogP contribution < -0.4 is 10.6 Å². The van der Waals surface area contributed by atoms with Crippen molar-refractivity contribution in [2.45, 2.75) is 25.7 Å². The molecule has 8 heteroatoms. The largest absolute Gasteiger partial charge is 0.606 e. The lowest BCUT2D eigenvalue weighted by Crippen LogP contribution is -2.25. The van der Waals surface area contributed by atoms with Crippen molar-refractivity contribution in [1.82, 2.24) is 10.6 Å². The zero-order chi connectivity index (χ0) is 12.2. The molecule has 0 unspecified atom stereocenters. The van der Waals surface area contributed by atoms with Crippen LogP contribution in [0.15, 0.2) is 0 Å². The van der Waals surface area contributed by atoms with Gasteiger partial charge in [0.15, 0.2) is 0 Å². The first-order valence-corrected chi connectivity index (χ1v) is 6.97. The van der Waals surface area contributed by atoms with Crippen LogP contribution in [0.25, 0.3) is 0 Å². The Kier molecular flexibility index (Phi) is 10.8. The summed E-state index contributed by atoms with van der Waals surface area (Å²) >= 11 is 0.861. The second-order valence-electron chi connectivity index (χ2n) is 3.25. The van der Waals surface area contributed by atoms with Crippen LogP contribution in [0.5, 0.6) is 0 Å². The number of hydrogen-bond donors (Lipinski definition) is 2. The van der Waals surface area contributed by atoms with Gasteiger partial charge in [-0.15, -0.1) is 0 Å². The highest BCUT2D eigenvalue weighted by Gasteiger charge is 1.97. The van der Waals surface area contributed by atoms with E-state index >= 15 is 0 Å². The second-order valence-corrected chi connectivity index (χ2v) is 4.07. The van der Waals surface area contributed by atoms with Gasteiger partial charge in [-0.05, 0) is 12.8 Å². The number of carbonyl (C=O) groups is 2. The van der Waals surface area contributed by atoms with E-state index in [0.717, 1.165) is 25.7 Å². The number of amides is 2. The molecule has 16 heavy (non-hydrogen) atoms. The fourth-order valence-electron chi connectivity index (χ4n) is 1.13. The van der Waals surface area contributed by atoms with Gasteiger partial charge in [0.1, 0.15) is 0 Å². The molecular weight excluding hydrogens is 242 g/mol. The van der Waals surface area contributed by atoms with E-state index in [1.54, 1.807) is 0 Å². The topological polar surface area (TPSA) is 76.7 Å². The van der Waals surface area contributed by atoms with E-state index in [9.17, 15) is 9.59 Å². The Balaban J connectivity index is 3.10. The molecule has 0 aromatic carbocycles. The smallest absolute Gasteiger partial charge is 0.501 e. The molecule has 90 valence electrons. The van der Waals surface area contributed by atoms with Crippen LogP contribution in [0.3, 0.4) is 0 Å². The molecule has 2 amide bonds. The first-order chi connectivity index (χ1) is 7.70. The molecule has 0 spiro atoms. The molecule has 0 aliphatic carbocycles. The van der Waals surface area contributed by atoms with E-state index in [-0.39, 0.29) is 12.2 Å². The SMILES string of the molecule is O=C(NCCCCCCNC(=O)[O][AlH2])[O][AlH2]. The molecule has 0 aromatic rings. The third kappa shape index (κ3) is 10.1. The minimum Gasteiger partial charge on any atom is -0.606 e. The first kappa shape index (κ1) is 15.6. The van der Waals surface area contributed by atoms with Crippen molar-refractivity contribution in [1.29, 1.82) is 0 Å². The van der Waals surface area contributed by atoms with Crippen LogP contribution in [-0.4, -0.2) is 58.5 Å². The minimum atomic E-state index is -0.330. The molecule has 0 radical (unpaired) electrons. The molecule has 0 atom stereocenters. The highest BCUT2D eigenvalue weighted by Crippen LogP contribution is 1.97.